The van der Waals surface area contributed by atoms with Crippen molar-refractivity contribution in [2.75, 3.05) is 13.1 Å². The Balaban J connectivity index is 2.00. The molecule has 0 radical (unpaired) electrons. The van der Waals surface area contributed by atoms with Crippen molar-refractivity contribution in [2.24, 2.45) is 0 Å². The summed E-state index contributed by atoms with van der Waals surface area (Å²) in [5, 5.41) is 3.43. The molecule has 1 fully saturated rings. The third kappa shape index (κ3) is 1.35. The third-order valence-corrected chi connectivity index (χ3v) is 4.19. The van der Waals surface area contributed by atoms with Crippen LogP contribution in [0.15, 0.2) is 12.4 Å². The standard InChI is InChI=1S/C11H14N2S/c1-2-12-3-8(1)10-5-13-4-9-6-14-7-11(9)10/h4-5,8,12H,1-3,6-7H2. The molecule has 2 nitrogen and oxygen atoms in total. The predicted octanol–water partition coefficient (Wildman–Crippen LogP) is 1.91. The monoisotopic (exact) mass is 206 g/mol. The predicted molar refractivity (Wildman–Crippen MR) is 59.5 cm³/mol. The van der Waals surface area contributed by atoms with Crippen molar-refractivity contribution in [1.82, 2.24) is 10.3 Å². The van der Waals surface area contributed by atoms with E-state index in [1.165, 1.54) is 29.8 Å². The number of hydrogen-bond acceptors (Lipinski definition) is 3. The first kappa shape index (κ1) is 8.74. The van der Waals surface area contributed by atoms with Gasteiger partial charge in [0.1, 0.15) is 0 Å². The Bertz CT molecular complexity index is 345. The second kappa shape index (κ2) is 3.55. The van der Waals surface area contributed by atoms with Crippen LogP contribution in [0.2, 0.25) is 0 Å². The van der Waals surface area contributed by atoms with E-state index in [1.54, 1.807) is 5.56 Å². The van der Waals surface area contributed by atoms with E-state index in [0.717, 1.165) is 18.2 Å². The fourth-order valence-electron chi connectivity index (χ4n) is 2.38. The van der Waals surface area contributed by atoms with Crippen molar-refractivity contribution in [3.05, 3.63) is 29.1 Å². The first-order valence-corrected chi connectivity index (χ1v) is 6.35. The van der Waals surface area contributed by atoms with Crippen LogP contribution < -0.4 is 5.32 Å². The fraction of sp³-hybridized carbons (Fsp3) is 0.545. The van der Waals surface area contributed by atoms with Gasteiger partial charge in [-0.2, -0.15) is 11.8 Å². The highest BCUT2D eigenvalue weighted by atomic mass is 32.2. The lowest BCUT2D eigenvalue weighted by molar-refractivity contribution is 0.750. The average Bonchev–Trinajstić information content (AvgIpc) is 2.88. The Labute approximate surface area is 88.5 Å². The Kier molecular flexibility index (Phi) is 2.22. The van der Waals surface area contributed by atoms with Gasteiger partial charge < -0.3 is 5.32 Å². The average molecular weight is 206 g/mol. The molecule has 1 aromatic heterocycles. The number of nitrogens with zero attached hydrogens (tertiary/aromatic N) is 1. The molecule has 0 aromatic carbocycles. The highest BCUT2D eigenvalue weighted by Crippen LogP contribution is 2.35. The number of nitrogens with one attached hydrogen (secondary N) is 1. The van der Waals surface area contributed by atoms with E-state index < -0.39 is 0 Å². The third-order valence-electron chi connectivity index (χ3n) is 3.18. The van der Waals surface area contributed by atoms with Crippen molar-refractivity contribution in [3.63, 3.8) is 0 Å². The highest BCUT2D eigenvalue weighted by Gasteiger charge is 2.23. The molecule has 0 aliphatic carbocycles. The summed E-state index contributed by atoms with van der Waals surface area (Å²) in [4.78, 5) is 4.36. The SMILES string of the molecule is c1ncc(C2CCNC2)c2c1CSC2. The van der Waals surface area contributed by atoms with Gasteiger partial charge >= 0.3 is 0 Å². The minimum absolute atomic E-state index is 0.719. The van der Waals surface area contributed by atoms with Gasteiger partial charge in [0.15, 0.2) is 0 Å². The summed E-state index contributed by atoms with van der Waals surface area (Å²) in [6.07, 6.45) is 5.41. The van der Waals surface area contributed by atoms with Crippen LogP contribution in [0.5, 0.6) is 0 Å². The molecular weight excluding hydrogens is 192 g/mol. The topological polar surface area (TPSA) is 24.9 Å². The van der Waals surface area contributed by atoms with E-state index in [1.807, 2.05) is 18.0 Å². The van der Waals surface area contributed by atoms with Gasteiger partial charge in [-0.05, 0) is 35.6 Å². The van der Waals surface area contributed by atoms with Crippen LogP contribution in [-0.4, -0.2) is 18.1 Å². The number of aromatic nitrogens is 1. The zero-order valence-electron chi connectivity index (χ0n) is 8.12. The first-order valence-electron chi connectivity index (χ1n) is 5.19. The summed E-state index contributed by atoms with van der Waals surface area (Å²) >= 11 is 2.02. The van der Waals surface area contributed by atoms with Gasteiger partial charge in [0.05, 0.1) is 0 Å². The zero-order valence-corrected chi connectivity index (χ0v) is 8.94. The summed E-state index contributed by atoms with van der Waals surface area (Å²) < 4.78 is 0. The fourth-order valence-corrected chi connectivity index (χ4v) is 3.51. The second-order valence-electron chi connectivity index (χ2n) is 4.05. The van der Waals surface area contributed by atoms with Crippen molar-refractivity contribution in [1.29, 1.82) is 0 Å². The quantitative estimate of drug-likeness (QED) is 0.759. The van der Waals surface area contributed by atoms with Crippen LogP contribution in [0.1, 0.15) is 29.0 Å². The van der Waals surface area contributed by atoms with Gasteiger partial charge in [0.2, 0.25) is 0 Å². The van der Waals surface area contributed by atoms with Crippen molar-refractivity contribution in [3.8, 4) is 0 Å². The van der Waals surface area contributed by atoms with Crippen LogP contribution in [0.25, 0.3) is 0 Å². The van der Waals surface area contributed by atoms with E-state index in [-0.39, 0.29) is 0 Å². The maximum atomic E-state index is 4.36. The van der Waals surface area contributed by atoms with Gasteiger partial charge in [-0.25, -0.2) is 0 Å². The van der Waals surface area contributed by atoms with Crippen molar-refractivity contribution in [2.45, 2.75) is 23.8 Å². The van der Waals surface area contributed by atoms with Gasteiger partial charge in [-0.3, -0.25) is 4.98 Å². The molecule has 74 valence electrons. The van der Waals surface area contributed by atoms with Crippen LogP contribution >= 0.6 is 11.8 Å². The lowest BCUT2D eigenvalue weighted by Gasteiger charge is -2.12. The lowest BCUT2D eigenvalue weighted by atomic mass is 9.94. The van der Waals surface area contributed by atoms with Gasteiger partial charge in [-0.1, -0.05) is 0 Å². The van der Waals surface area contributed by atoms with Crippen molar-refractivity contribution >= 4 is 11.8 Å². The molecule has 1 N–H and O–H groups in total. The minimum atomic E-state index is 0.719. The summed E-state index contributed by atoms with van der Waals surface area (Å²) in [6, 6.07) is 0. The van der Waals surface area contributed by atoms with E-state index >= 15 is 0 Å². The molecule has 2 aliphatic rings. The maximum absolute atomic E-state index is 4.36. The number of rotatable bonds is 1. The molecule has 1 atom stereocenters. The Morgan fingerprint density at radius 2 is 2.36 bits per heavy atom. The largest absolute Gasteiger partial charge is 0.316 e. The summed E-state index contributed by atoms with van der Waals surface area (Å²) in [5.41, 5.74) is 4.57. The first-order chi connectivity index (χ1) is 6.95. The molecule has 0 saturated carbocycles. The van der Waals surface area contributed by atoms with Gasteiger partial charge in [0, 0.05) is 30.4 Å². The number of fused-ring (bicyclic) bond motifs is 1. The van der Waals surface area contributed by atoms with E-state index in [9.17, 15) is 0 Å². The van der Waals surface area contributed by atoms with Crippen LogP contribution in [0.3, 0.4) is 0 Å². The number of hydrogen-bond donors (Lipinski definition) is 1. The van der Waals surface area contributed by atoms with E-state index in [0.29, 0.717) is 0 Å². The second-order valence-corrected chi connectivity index (χ2v) is 5.03. The molecule has 1 saturated heterocycles. The van der Waals surface area contributed by atoms with E-state index in [4.69, 9.17) is 0 Å². The van der Waals surface area contributed by atoms with Gasteiger partial charge in [-0.15, -0.1) is 0 Å². The zero-order chi connectivity index (χ0) is 9.38. The molecule has 1 unspecified atom stereocenters. The van der Waals surface area contributed by atoms with Crippen molar-refractivity contribution < 1.29 is 0 Å². The summed E-state index contributed by atoms with van der Waals surface area (Å²) in [5.74, 6) is 3.08. The Morgan fingerprint density at radius 3 is 3.21 bits per heavy atom. The van der Waals surface area contributed by atoms with Gasteiger partial charge in [0.25, 0.3) is 0 Å². The summed E-state index contributed by atoms with van der Waals surface area (Å²) in [6.45, 7) is 2.31. The number of thioether (sulfide) groups is 1. The molecule has 3 heteroatoms. The van der Waals surface area contributed by atoms with Crippen LogP contribution in [0, 0.1) is 0 Å². The highest BCUT2D eigenvalue weighted by molar-refractivity contribution is 7.98. The lowest BCUT2D eigenvalue weighted by Crippen LogP contribution is -2.09. The summed E-state index contributed by atoms with van der Waals surface area (Å²) in [7, 11) is 0. The molecule has 0 amide bonds. The molecule has 2 aliphatic heterocycles. The molecule has 0 spiro atoms. The van der Waals surface area contributed by atoms with Crippen LogP contribution in [0.4, 0.5) is 0 Å². The Hall–Kier alpha value is -0.540. The van der Waals surface area contributed by atoms with Crippen LogP contribution in [-0.2, 0) is 11.5 Å². The molecule has 1 aromatic rings. The molecule has 0 bridgehead atoms. The molecule has 3 rings (SSSR count). The van der Waals surface area contributed by atoms with E-state index in [2.05, 4.69) is 16.5 Å². The smallest absolute Gasteiger partial charge is 0.0311 e. The Morgan fingerprint density at radius 1 is 1.36 bits per heavy atom. The number of pyridine rings is 1. The molecular formula is C11H14N2S. The molecule has 3 heterocycles. The molecule has 14 heavy (non-hydrogen) atoms. The maximum Gasteiger partial charge on any atom is 0.0311 e. The normalized spacial score (nSPS) is 25.3. The minimum Gasteiger partial charge on any atom is -0.316 e.